The zero-order chi connectivity index (χ0) is 14.9. The maximum absolute atomic E-state index is 13.1. The average Bonchev–Trinajstić information content (AvgIpc) is 2.36. The number of aromatic nitrogens is 2. The molecular formula is C12H9F2N3O3. The number of nitrogens with two attached hydrogens (primary N) is 1. The van der Waals surface area contributed by atoms with Crippen LogP contribution in [0.4, 0.5) is 14.6 Å². The third-order valence-electron chi connectivity index (χ3n) is 2.57. The van der Waals surface area contributed by atoms with Crippen LogP contribution in [0.25, 0.3) is 11.4 Å². The highest BCUT2D eigenvalue weighted by Crippen LogP contribution is 2.18. The van der Waals surface area contributed by atoms with Crippen molar-refractivity contribution in [3.05, 3.63) is 45.8 Å². The first-order valence-electron chi connectivity index (χ1n) is 5.44. The van der Waals surface area contributed by atoms with E-state index in [0.717, 1.165) is 12.1 Å². The van der Waals surface area contributed by atoms with Crippen molar-refractivity contribution in [3.63, 3.8) is 0 Å². The summed E-state index contributed by atoms with van der Waals surface area (Å²) in [4.78, 5) is 28.4. The highest BCUT2D eigenvalue weighted by molar-refractivity contribution is 5.72. The maximum atomic E-state index is 13.1. The first-order chi connectivity index (χ1) is 9.38. The van der Waals surface area contributed by atoms with Gasteiger partial charge in [0.1, 0.15) is 11.6 Å². The molecule has 0 amide bonds. The number of hydrogen-bond donors (Lipinski definition) is 3. The van der Waals surface area contributed by atoms with Gasteiger partial charge in [-0.3, -0.25) is 9.59 Å². The van der Waals surface area contributed by atoms with Gasteiger partial charge in [0.15, 0.2) is 11.6 Å². The second kappa shape index (κ2) is 5.08. The Balaban J connectivity index is 2.52. The van der Waals surface area contributed by atoms with Gasteiger partial charge in [-0.1, -0.05) is 0 Å². The molecule has 1 aromatic heterocycles. The number of carboxylic acid groups (broad SMARTS) is 1. The summed E-state index contributed by atoms with van der Waals surface area (Å²) in [5.41, 5.74) is 4.71. The molecule has 0 radical (unpaired) electrons. The van der Waals surface area contributed by atoms with E-state index in [4.69, 9.17) is 10.8 Å². The monoisotopic (exact) mass is 281 g/mol. The molecule has 0 saturated carbocycles. The van der Waals surface area contributed by atoms with Crippen molar-refractivity contribution in [2.24, 2.45) is 0 Å². The van der Waals surface area contributed by atoms with Crippen molar-refractivity contribution in [1.29, 1.82) is 0 Å². The third-order valence-corrected chi connectivity index (χ3v) is 2.57. The number of carbonyl (C=O) groups is 1. The number of carboxylic acids is 1. The summed E-state index contributed by atoms with van der Waals surface area (Å²) in [5, 5.41) is 8.64. The van der Waals surface area contributed by atoms with Crippen molar-refractivity contribution in [1.82, 2.24) is 9.97 Å². The van der Waals surface area contributed by atoms with Gasteiger partial charge in [0.2, 0.25) is 0 Å². The number of anilines is 1. The topological polar surface area (TPSA) is 109 Å². The van der Waals surface area contributed by atoms with Gasteiger partial charge in [0.25, 0.3) is 5.56 Å². The normalized spacial score (nSPS) is 10.5. The summed E-state index contributed by atoms with van der Waals surface area (Å²) < 4.78 is 25.9. The lowest BCUT2D eigenvalue weighted by atomic mass is 10.1. The molecule has 0 fully saturated rings. The molecule has 0 unspecified atom stereocenters. The van der Waals surface area contributed by atoms with Gasteiger partial charge < -0.3 is 15.8 Å². The molecule has 1 heterocycles. The number of hydrogen-bond acceptors (Lipinski definition) is 4. The minimum atomic E-state index is -1.23. The van der Waals surface area contributed by atoms with Crippen LogP contribution in [0.15, 0.2) is 23.0 Å². The highest BCUT2D eigenvalue weighted by Gasteiger charge is 2.14. The Labute approximate surface area is 110 Å². The summed E-state index contributed by atoms with van der Waals surface area (Å²) in [6.45, 7) is 0. The summed E-state index contributed by atoms with van der Waals surface area (Å²) in [6, 6.07) is 2.95. The Morgan fingerprint density at radius 2 is 2.05 bits per heavy atom. The van der Waals surface area contributed by atoms with Crippen LogP contribution in [-0.4, -0.2) is 21.0 Å². The first-order valence-corrected chi connectivity index (χ1v) is 5.44. The lowest BCUT2D eigenvalue weighted by molar-refractivity contribution is -0.136. The van der Waals surface area contributed by atoms with E-state index in [1.807, 2.05) is 0 Å². The van der Waals surface area contributed by atoms with Gasteiger partial charge in [0.05, 0.1) is 12.0 Å². The van der Waals surface area contributed by atoms with Crippen LogP contribution in [0.5, 0.6) is 0 Å². The number of aliphatic carboxylic acids is 1. The molecule has 0 spiro atoms. The zero-order valence-corrected chi connectivity index (χ0v) is 9.98. The second-order valence-corrected chi connectivity index (χ2v) is 3.98. The van der Waals surface area contributed by atoms with Crippen LogP contribution in [0.3, 0.4) is 0 Å². The first kappa shape index (κ1) is 13.7. The molecule has 0 bridgehead atoms. The molecule has 6 nitrogen and oxygen atoms in total. The number of aromatic amines is 1. The van der Waals surface area contributed by atoms with Crippen molar-refractivity contribution in [2.45, 2.75) is 6.42 Å². The number of rotatable bonds is 3. The predicted octanol–water partition coefficient (Wildman–Crippen LogP) is 0.924. The van der Waals surface area contributed by atoms with Gasteiger partial charge in [0, 0.05) is 5.56 Å². The standard InChI is InChI=1S/C12H9F2N3O3/c13-7-2-1-5(3-8(7)14)11-16-10(15)6(4-9(18)19)12(20)17-11/h1-3H,4H2,(H,18,19)(H3,15,16,17,20). The lowest BCUT2D eigenvalue weighted by Gasteiger charge is -2.06. The zero-order valence-electron chi connectivity index (χ0n) is 9.98. The molecule has 4 N–H and O–H groups in total. The molecule has 104 valence electrons. The van der Waals surface area contributed by atoms with E-state index < -0.39 is 29.6 Å². The minimum Gasteiger partial charge on any atom is -0.481 e. The van der Waals surface area contributed by atoms with Crippen LogP contribution >= 0.6 is 0 Å². The third kappa shape index (κ3) is 2.63. The molecule has 1 aromatic carbocycles. The van der Waals surface area contributed by atoms with E-state index in [0.29, 0.717) is 0 Å². The Bertz CT molecular complexity index is 743. The summed E-state index contributed by atoms with van der Waals surface area (Å²) in [6.07, 6.45) is -0.577. The Hall–Kier alpha value is -2.77. The molecule has 0 aliphatic heterocycles. The van der Waals surface area contributed by atoms with Crippen molar-refractivity contribution < 1.29 is 18.7 Å². The lowest BCUT2D eigenvalue weighted by Crippen LogP contribution is -2.21. The van der Waals surface area contributed by atoms with E-state index in [9.17, 15) is 18.4 Å². The predicted molar refractivity (Wildman–Crippen MR) is 66.0 cm³/mol. The van der Waals surface area contributed by atoms with Crippen LogP contribution < -0.4 is 11.3 Å². The van der Waals surface area contributed by atoms with Crippen molar-refractivity contribution in [2.75, 3.05) is 5.73 Å². The fourth-order valence-corrected chi connectivity index (χ4v) is 1.62. The number of H-pyrrole nitrogens is 1. The summed E-state index contributed by atoms with van der Waals surface area (Å²) in [7, 11) is 0. The largest absolute Gasteiger partial charge is 0.481 e. The van der Waals surface area contributed by atoms with E-state index in [-0.39, 0.29) is 22.8 Å². The van der Waals surface area contributed by atoms with Gasteiger partial charge in [-0.05, 0) is 18.2 Å². The SMILES string of the molecule is Nc1nc(-c2ccc(F)c(F)c2)[nH]c(=O)c1CC(=O)O. The molecule has 0 saturated heterocycles. The Morgan fingerprint density at radius 3 is 2.60 bits per heavy atom. The van der Waals surface area contributed by atoms with Gasteiger partial charge >= 0.3 is 5.97 Å². The minimum absolute atomic E-state index is 0.0689. The smallest absolute Gasteiger partial charge is 0.308 e. The number of halogens is 2. The summed E-state index contributed by atoms with van der Waals surface area (Å²) >= 11 is 0. The maximum Gasteiger partial charge on any atom is 0.308 e. The fourth-order valence-electron chi connectivity index (χ4n) is 1.62. The molecule has 0 aliphatic rings. The fraction of sp³-hybridized carbons (Fsp3) is 0.0833. The Morgan fingerprint density at radius 1 is 1.35 bits per heavy atom. The van der Waals surface area contributed by atoms with E-state index in [1.165, 1.54) is 6.07 Å². The number of nitrogens with zero attached hydrogens (tertiary/aromatic N) is 1. The van der Waals surface area contributed by atoms with Crippen LogP contribution in [0.1, 0.15) is 5.56 Å². The molecule has 2 rings (SSSR count). The van der Waals surface area contributed by atoms with Gasteiger partial charge in [-0.2, -0.15) is 0 Å². The van der Waals surface area contributed by atoms with Crippen molar-refractivity contribution >= 4 is 11.8 Å². The van der Waals surface area contributed by atoms with E-state index in [1.54, 1.807) is 0 Å². The van der Waals surface area contributed by atoms with Crippen LogP contribution in [0, 0.1) is 11.6 Å². The van der Waals surface area contributed by atoms with E-state index in [2.05, 4.69) is 9.97 Å². The molecule has 0 aliphatic carbocycles. The average molecular weight is 281 g/mol. The van der Waals surface area contributed by atoms with E-state index >= 15 is 0 Å². The molecule has 8 heteroatoms. The number of nitrogens with one attached hydrogen (secondary N) is 1. The number of benzene rings is 1. The number of nitrogen functional groups attached to an aromatic ring is 1. The van der Waals surface area contributed by atoms with Gasteiger partial charge in [-0.15, -0.1) is 0 Å². The molecule has 0 atom stereocenters. The molecule has 20 heavy (non-hydrogen) atoms. The highest BCUT2D eigenvalue weighted by atomic mass is 19.2. The van der Waals surface area contributed by atoms with Gasteiger partial charge in [-0.25, -0.2) is 13.8 Å². The van der Waals surface area contributed by atoms with Crippen molar-refractivity contribution in [3.8, 4) is 11.4 Å². The summed E-state index contributed by atoms with van der Waals surface area (Å²) in [5.74, 6) is -3.70. The molecule has 2 aromatic rings. The molecular weight excluding hydrogens is 272 g/mol. The Kier molecular flexibility index (Phi) is 3.47. The van der Waals surface area contributed by atoms with Crippen LogP contribution in [-0.2, 0) is 11.2 Å². The van der Waals surface area contributed by atoms with Crippen LogP contribution in [0.2, 0.25) is 0 Å². The quantitative estimate of drug-likeness (QED) is 0.775. The second-order valence-electron chi connectivity index (χ2n) is 3.98.